The van der Waals surface area contributed by atoms with Crippen molar-refractivity contribution in [2.24, 2.45) is 0 Å². The maximum absolute atomic E-state index is 13.2. The number of halogens is 1. The monoisotopic (exact) mass is 357 g/mol. The standard InChI is InChI=1S/C18H16FN3O2S/c1-24-15-10-14(22-18(11-15)17-7-2-3-8-20-17)12-21-25(23)16-6-4-5-13(19)9-16/h2-11,21H,12H2,1H3. The lowest BCUT2D eigenvalue weighted by Crippen LogP contribution is -2.18. The molecule has 0 bridgehead atoms. The Bertz CT molecular complexity index is 890. The Balaban J connectivity index is 1.79. The van der Waals surface area contributed by atoms with Crippen LogP contribution < -0.4 is 9.46 Å². The summed E-state index contributed by atoms with van der Waals surface area (Å²) < 4.78 is 33.6. The van der Waals surface area contributed by atoms with E-state index in [4.69, 9.17) is 4.74 Å². The van der Waals surface area contributed by atoms with Gasteiger partial charge < -0.3 is 4.74 Å². The molecule has 2 aromatic heterocycles. The van der Waals surface area contributed by atoms with Gasteiger partial charge in [-0.1, -0.05) is 12.1 Å². The molecule has 0 saturated carbocycles. The first kappa shape index (κ1) is 17.2. The largest absolute Gasteiger partial charge is 0.497 e. The van der Waals surface area contributed by atoms with Crippen LogP contribution in [0.3, 0.4) is 0 Å². The molecule has 5 nitrogen and oxygen atoms in total. The Morgan fingerprint density at radius 2 is 2.00 bits per heavy atom. The van der Waals surface area contributed by atoms with Crippen LogP contribution in [0.25, 0.3) is 11.4 Å². The molecule has 0 amide bonds. The van der Waals surface area contributed by atoms with E-state index in [-0.39, 0.29) is 6.54 Å². The van der Waals surface area contributed by atoms with Crippen LogP contribution in [0.15, 0.2) is 65.7 Å². The number of rotatable bonds is 6. The second-order valence-corrected chi connectivity index (χ2v) is 6.44. The number of nitrogens with zero attached hydrogens (tertiary/aromatic N) is 2. The fourth-order valence-electron chi connectivity index (χ4n) is 2.22. The van der Waals surface area contributed by atoms with E-state index in [1.165, 1.54) is 18.2 Å². The Morgan fingerprint density at radius 3 is 2.72 bits per heavy atom. The van der Waals surface area contributed by atoms with E-state index in [9.17, 15) is 8.60 Å². The Labute approximate surface area is 147 Å². The van der Waals surface area contributed by atoms with E-state index in [1.54, 1.807) is 31.5 Å². The van der Waals surface area contributed by atoms with Crippen molar-refractivity contribution < 1.29 is 13.3 Å². The van der Waals surface area contributed by atoms with Gasteiger partial charge in [0.15, 0.2) is 0 Å². The van der Waals surface area contributed by atoms with Gasteiger partial charge in [0.25, 0.3) is 0 Å². The molecule has 2 heterocycles. The van der Waals surface area contributed by atoms with Crippen molar-refractivity contribution >= 4 is 11.0 Å². The van der Waals surface area contributed by atoms with Gasteiger partial charge in [0.05, 0.1) is 35.6 Å². The lowest BCUT2D eigenvalue weighted by molar-refractivity contribution is 0.413. The van der Waals surface area contributed by atoms with Crippen LogP contribution in [0, 0.1) is 5.82 Å². The highest BCUT2D eigenvalue weighted by Crippen LogP contribution is 2.21. The van der Waals surface area contributed by atoms with Gasteiger partial charge in [0.2, 0.25) is 0 Å². The molecule has 25 heavy (non-hydrogen) atoms. The zero-order valence-corrected chi connectivity index (χ0v) is 14.3. The molecule has 3 rings (SSSR count). The van der Waals surface area contributed by atoms with E-state index in [0.29, 0.717) is 27.7 Å². The molecule has 0 aliphatic heterocycles. The number of hydrogen-bond acceptors (Lipinski definition) is 4. The van der Waals surface area contributed by atoms with E-state index < -0.39 is 16.8 Å². The molecule has 7 heteroatoms. The van der Waals surface area contributed by atoms with Gasteiger partial charge in [0.1, 0.15) is 22.6 Å². The topological polar surface area (TPSA) is 64.1 Å². The summed E-state index contributed by atoms with van der Waals surface area (Å²) in [7, 11) is 0.0288. The van der Waals surface area contributed by atoms with Crippen molar-refractivity contribution in [3.63, 3.8) is 0 Å². The molecule has 128 valence electrons. The quantitative estimate of drug-likeness (QED) is 0.736. The normalized spacial score (nSPS) is 11.9. The first-order chi connectivity index (χ1) is 12.2. The van der Waals surface area contributed by atoms with Crippen molar-refractivity contribution in [3.8, 4) is 17.1 Å². The molecule has 0 aliphatic rings. The summed E-state index contributed by atoms with van der Waals surface area (Å²) in [5.74, 6) is 0.202. The first-order valence-corrected chi connectivity index (χ1v) is 8.68. The highest BCUT2D eigenvalue weighted by atomic mass is 32.2. The van der Waals surface area contributed by atoms with Crippen LogP contribution in [0.1, 0.15) is 5.69 Å². The van der Waals surface area contributed by atoms with Crippen LogP contribution in [-0.4, -0.2) is 21.3 Å². The average molecular weight is 357 g/mol. The van der Waals surface area contributed by atoms with Crippen molar-refractivity contribution in [3.05, 3.63) is 72.3 Å². The molecule has 0 aliphatic carbocycles. The third-order valence-corrected chi connectivity index (χ3v) is 4.50. The zero-order chi connectivity index (χ0) is 17.6. The molecule has 0 spiro atoms. The van der Waals surface area contributed by atoms with Crippen LogP contribution >= 0.6 is 0 Å². The summed E-state index contributed by atoms with van der Waals surface area (Å²) in [5.41, 5.74) is 2.02. The van der Waals surface area contributed by atoms with Crippen LogP contribution in [0.5, 0.6) is 5.75 Å². The van der Waals surface area contributed by atoms with Crippen LogP contribution in [0.2, 0.25) is 0 Å². The Morgan fingerprint density at radius 1 is 1.12 bits per heavy atom. The number of hydrogen-bond donors (Lipinski definition) is 1. The van der Waals surface area contributed by atoms with E-state index in [0.717, 1.165) is 0 Å². The second-order valence-electron chi connectivity index (χ2n) is 5.15. The predicted octanol–water partition coefficient (Wildman–Crippen LogP) is 3.10. The lowest BCUT2D eigenvalue weighted by atomic mass is 10.2. The molecular formula is C18H16FN3O2S. The molecule has 1 N–H and O–H groups in total. The Kier molecular flexibility index (Phi) is 5.47. The number of benzene rings is 1. The van der Waals surface area contributed by atoms with Crippen molar-refractivity contribution in [2.75, 3.05) is 7.11 Å². The molecule has 0 radical (unpaired) electrons. The number of methoxy groups -OCH3 is 1. The molecule has 0 saturated heterocycles. The summed E-state index contributed by atoms with van der Waals surface area (Å²) in [6.07, 6.45) is 1.69. The summed E-state index contributed by atoms with van der Waals surface area (Å²) in [4.78, 5) is 9.17. The van der Waals surface area contributed by atoms with E-state index in [2.05, 4.69) is 14.7 Å². The lowest BCUT2D eigenvalue weighted by Gasteiger charge is -2.09. The number of aromatic nitrogens is 2. The van der Waals surface area contributed by atoms with E-state index >= 15 is 0 Å². The summed E-state index contributed by atoms with van der Waals surface area (Å²) >= 11 is 0. The third kappa shape index (κ3) is 4.46. The average Bonchev–Trinajstić information content (AvgIpc) is 2.66. The van der Waals surface area contributed by atoms with Gasteiger partial charge >= 0.3 is 0 Å². The van der Waals surface area contributed by atoms with Gasteiger partial charge in [-0.2, -0.15) is 0 Å². The number of nitrogens with one attached hydrogen (secondary N) is 1. The van der Waals surface area contributed by atoms with Crippen molar-refractivity contribution in [2.45, 2.75) is 11.4 Å². The minimum absolute atomic E-state index is 0.236. The fraction of sp³-hybridized carbons (Fsp3) is 0.111. The minimum Gasteiger partial charge on any atom is -0.497 e. The second kappa shape index (κ2) is 7.96. The van der Waals surface area contributed by atoms with Gasteiger partial charge in [-0.15, -0.1) is 0 Å². The summed E-state index contributed by atoms with van der Waals surface area (Å²) in [6.45, 7) is 0.236. The molecule has 1 aromatic carbocycles. The van der Waals surface area contributed by atoms with Crippen LogP contribution in [0.4, 0.5) is 4.39 Å². The summed E-state index contributed by atoms with van der Waals surface area (Å²) in [6, 6.07) is 14.8. The van der Waals surface area contributed by atoms with Crippen molar-refractivity contribution in [1.29, 1.82) is 0 Å². The first-order valence-electron chi connectivity index (χ1n) is 7.53. The highest BCUT2D eigenvalue weighted by molar-refractivity contribution is 7.83. The minimum atomic E-state index is -1.54. The highest BCUT2D eigenvalue weighted by Gasteiger charge is 2.09. The van der Waals surface area contributed by atoms with Gasteiger partial charge in [-0.25, -0.2) is 18.3 Å². The maximum Gasteiger partial charge on any atom is 0.125 e. The fourth-order valence-corrected chi connectivity index (χ4v) is 3.09. The molecule has 0 fully saturated rings. The van der Waals surface area contributed by atoms with Gasteiger partial charge in [-0.3, -0.25) is 4.98 Å². The maximum atomic E-state index is 13.2. The summed E-state index contributed by atoms with van der Waals surface area (Å²) in [5, 5.41) is 0. The van der Waals surface area contributed by atoms with Crippen LogP contribution in [-0.2, 0) is 17.5 Å². The SMILES string of the molecule is COc1cc(CNS(=O)c2cccc(F)c2)nc(-c2ccccn2)c1. The molecule has 3 aromatic rings. The van der Waals surface area contributed by atoms with E-state index in [1.807, 2.05) is 18.2 Å². The predicted molar refractivity (Wildman–Crippen MR) is 93.7 cm³/mol. The molecule has 1 unspecified atom stereocenters. The van der Waals surface area contributed by atoms with Crippen molar-refractivity contribution in [1.82, 2.24) is 14.7 Å². The number of pyridine rings is 2. The Hall–Kier alpha value is -2.64. The zero-order valence-electron chi connectivity index (χ0n) is 13.5. The number of ether oxygens (including phenoxy) is 1. The van der Waals surface area contributed by atoms with Gasteiger partial charge in [-0.05, 0) is 30.3 Å². The third-order valence-electron chi connectivity index (χ3n) is 3.41. The van der Waals surface area contributed by atoms with Gasteiger partial charge in [0, 0.05) is 18.3 Å². The molecule has 1 atom stereocenters. The molecular weight excluding hydrogens is 341 g/mol. The smallest absolute Gasteiger partial charge is 0.125 e.